The number of rotatable bonds is 5. The maximum Gasteiger partial charge on any atom is 0.277 e. The fourth-order valence-corrected chi connectivity index (χ4v) is 5.47. The van der Waals surface area contributed by atoms with Crippen molar-refractivity contribution in [2.45, 2.75) is 38.0 Å². The molecule has 2 aliphatic rings. The van der Waals surface area contributed by atoms with Gasteiger partial charge in [0.2, 0.25) is 5.91 Å². The van der Waals surface area contributed by atoms with Crippen molar-refractivity contribution in [3.8, 4) is 22.3 Å². The van der Waals surface area contributed by atoms with Crippen molar-refractivity contribution in [2.75, 3.05) is 25.5 Å². The molecule has 0 bridgehead atoms. The van der Waals surface area contributed by atoms with Crippen LogP contribution in [-0.4, -0.2) is 51.5 Å². The highest BCUT2D eigenvalue weighted by Crippen LogP contribution is 2.38. The minimum atomic E-state index is 0.0463. The van der Waals surface area contributed by atoms with Crippen LogP contribution in [0.1, 0.15) is 35.1 Å². The van der Waals surface area contributed by atoms with Crippen molar-refractivity contribution in [3.63, 3.8) is 0 Å². The van der Waals surface area contributed by atoms with E-state index in [4.69, 9.17) is 13.9 Å². The van der Waals surface area contributed by atoms with Gasteiger partial charge in [-0.2, -0.15) is 0 Å². The number of ether oxygens (including phenoxy) is 2. The van der Waals surface area contributed by atoms with Gasteiger partial charge in [-0.05, 0) is 44.4 Å². The first-order chi connectivity index (χ1) is 15.1. The number of hydrogen-bond acceptors (Lipinski definition) is 9. The number of aryl methyl sites for hydroxylation is 2. The highest BCUT2D eigenvalue weighted by atomic mass is 32.2. The van der Waals surface area contributed by atoms with Crippen molar-refractivity contribution in [1.82, 2.24) is 20.1 Å². The number of aromatic nitrogens is 3. The topological polar surface area (TPSA) is 90.6 Å². The van der Waals surface area contributed by atoms with Gasteiger partial charge in [0, 0.05) is 6.54 Å². The molecule has 1 saturated heterocycles. The molecule has 10 heteroatoms. The van der Waals surface area contributed by atoms with Crippen LogP contribution >= 0.6 is 23.1 Å². The van der Waals surface area contributed by atoms with E-state index in [2.05, 4.69) is 15.2 Å². The largest absolute Gasteiger partial charge is 0.486 e. The number of nitrogens with zero attached hydrogens (tertiary/aromatic N) is 4. The minimum Gasteiger partial charge on any atom is -0.486 e. The summed E-state index contributed by atoms with van der Waals surface area (Å²) in [5, 5.41) is 9.56. The molecule has 8 nitrogen and oxygen atoms in total. The number of benzene rings is 1. The quantitative estimate of drug-likeness (QED) is 0.529. The standard InChI is InChI=1S/C21H22N4O4S2/c1-12-19(31-13(2)22-12)20-23-24-21(29-20)30-11-18(26)25-7-3-4-15(25)14-5-6-16-17(10-14)28-9-8-27-16/h5-6,10,15H,3-4,7-9,11H2,1-2H3. The van der Waals surface area contributed by atoms with E-state index >= 15 is 0 Å². The second-order valence-corrected chi connectivity index (χ2v) is 9.59. The van der Waals surface area contributed by atoms with E-state index in [0.29, 0.717) is 24.3 Å². The zero-order chi connectivity index (χ0) is 21.4. The summed E-state index contributed by atoms with van der Waals surface area (Å²) >= 11 is 2.79. The number of thiazole rings is 1. The van der Waals surface area contributed by atoms with Crippen molar-refractivity contribution in [2.24, 2.45) is 0 Å². The Kier molecular flexibility index (Phi) is 5.58. The summed E-state index contributed by atoms with van der Waals surface area (Å²) in [7, 11) is 0. The van der Waals surface area contributed by atoms with E-state index in [1.165, 1.54) is 23.1 Å². The molecule has 0 N–H and O–H groups in total. The average molecular weight is 459 g/mol. The molecule has 2 aliphatic heterocycles. The third-order valence-corrected chi connectivity index (χ3v) is 7.21. The van der Waals surface area contributed by atoms with Gasteiger partial charge in [0.1, 0.15) is 18.1 Å². The lowest BCUT2D eigenvalue weighted by molar-refractivity contribution is -0.129. The van der Waals surface area contributed by atoms with E-state index in [1.807, 2.05) is 36.9 Å². The number of hydrogen-bond donors (Lipinski definition) is 0. The van der Waals surface area contributed by atoms with Crippen LogP contribution in [0.3, 0.4) is 0 Å². The molecule has 0 spiro atoms. The zero-order valence-electron chi connectivity index (χ0n) is 17.3. The Hall–Kier alpha value is -2.59. The Bertz CT molecular complexity index is 1110. The molecular weight excluding hydrogens is 436 g/mol. The smallest absolute Gasteiger partial charge is 0.277 e. The molecule has 0 radical (unpaired) electrons. The van der Waals surface area contributed by atoms with Crippen molar-refractivity contribution < 1.29 is 18.7 Å². The van der Waals surface area contributed by atoms with Gasteiger partial charge in [-0.3, -0.25) is 4.79 Å². The Morgan fingerprint density at radius 1 is 1.23 bits per heavy atom. The van der Waals surface area contributed by atoms with Crippen molar-refractivity contribution in [3.05, 3.63) is 34.5 Å². The van der Waals surface area contributed by atoms with E-state index in [-0.39, 0.29) is 17.7 Å². The molecule has 1 atom stereocenters. The number of carbonyl (C=O) groups excluding carboxylic acids is 1. The van der Waals surface area contributed by atoms with E-state index in [1.54, 1.807) is 0 Å². The third kappa shape index (κ3) is 4.14. The lowest BCUT2D eigenvalue weighted by atomic mass is 10.0. The third-order valence-electron chi connectivity index (χ3n) is 5.35. The Morgan fingerprint density at radius 3 is 2.87 bits per heavy atom. The molecule has 162 valence electrons. The molecule has 0 saturated carbocycles. The Labute approximate surface area is 188 Å². The molecule has 31 heavy (non-hydrogen) atoms. The number of fused-ring (bicyclic) bond motifs is 1. The molecule has 1 aromatic carbocycles. The molecule has 4 heterocycles. The molecule has 1 amide bonds. The second kappa shape index (κ2) is 8.51. The molecule has 2 aromatic heterocycles. The maximum atomic E-state index is 13.0. The van der Waals surface area contributed by atoms with Crippen LogP contribution in [0.15, 0.2) is 27.8 Å². The summed E-state index contributed by atoms with van der Waals surface area (Å²) in [5.74, 6) is 2.29. The van der Waals surface area contributed by atoms with Gasteiger partial charge < -0.3 is 18.8 Å². The fraction of sp³-hybridized carbons (Fsp3) is 0.429. The first kappa shape index (κ1) is 20.3. The molecule has 3 aromatic rings. The van der Waals surface area contributed by atoms with Gasteiger partial charge in [-0.15, -0.1) is 21.5 Å². The van der Waals surface area contributed by atoms with Gasteiger partial charge in [-0.1, -0.05) is 17.8 Å². The summed E-state index contributed by atoms with van der Waals surface area (Å²) in [6.45, 7) is 5.72. The number of amides is 1. The maximum absolute atomic E-state index is 13.0. The van der Waals surface area contributed by atoms with Crippen LogP contribution < -0.4 is 9.47 Å². The SMILES string of the molecule is Cc1nc(C)c(-c2nnc(SCC(=O)N3CCCC3c3ccc4c(c3)OCCO4)o2)s1. The van der Waals surface area contributed by atoms with Crippen molar-refractivity contribution >= 4 is 29.0 Å². The normalized spacial score (nSPS) is 17.9. The van der Waals surface area contributed by atoms with E-state index in [0.717, 1.165) is 52.0 Å². The first-order valence-corrected chi connectivity index (χ1v) is 12.0. The van der Waals surface area contributed by atoms with Crippen LogP contribution in [-0.2, 0) is 4.79 Å². The number of thioether (sulfide) groups is 1. The molecule has 0 aliphatic carbocycles. The summed E-state index contributed by atoms with van der Waals surface area (Å²) in [5.41, 5.74) is 1.95. The number of carbonyl (C=O) groups is 1. The fourth-order valence-electron chi connectivity index (χ4n) is 3.97. The Morgan fingerprint density at radius 2 is 2.06 bits per heavy atom. The number of likely N-dealkylation sites (tertiary alicyclic amines) is 1. The molecule has 1 unspecified atom stereocenters. The van der Waals surface area contributed by atoms with Crippen LogP contribution in [0, 0.1) is 13.8 Å². The zero-order valence-corrected chi connectivity index (χ0v) is 18.9. The van der Waals surface area contributed by atoms with Crippen molar-refractivity contribution in [1.29, 1.82) is 0 Å². The molecule has 1 fully saturated rings. The monoisotopic (exact) mass is 458 g/mol. The summed E-state index contributed by atoms with van der Waals surface area (Å²) in [6, 6.07) is 6.01. The minimum absolute atomic E-state index is 0.0463. The van der Waals surface area contributed by atoms with E-state index < -0.39 is 0 Å². The lowest BCUT2D eigenvalue weighted by Gasteiger charge is -2.26. The summed E-state index contributed by atoms with van der Waals surface area (Å²) in [6.07, 6.45) is 1.91. The summed E-state index contributed by atoms with van der Waals surface area (Å²) < 4.78 is 17.1. The van der Waals surface area contributed by atoms with Gasteiger partial charge in [0.15, 0.2) is 11.5 Å². The van der Waals surface area contributed by atoms with Crippen LogP contribution in [0.2, 0.25) is 0 Å². The second-order valence-electron chi connectivity index (χ2n) is 7.46. The van der Waals surface area contributed by atoms with E-state index in [9.17, 15) is 4.79 Å². The predicted molar refractivity (Wildman–Crippen MR) is 117 cm³/mol. The summed E-state index contributed by atoms with van der Waals surface area (Å²) in [4.78, 5) is 20.2. The Balaban J connectivity index is 1.25. The molecular formula is C21H22N4O4S2. The van der Waals surface area contributed by atoms with Gasteiger partial charge >= 0.3 is 0 Å². The first-order valence-electron chi connectivity index (χ1n) is 10.2. The van der Waals surface area contributed by atoms with Gasteiger partial charge in [0.25, 0.3) is 11.1 Å². The average Bonchev–Trinajstić information content (AvgIpc) is 3.51. The van der Waals surface area contributed by atoms with Gasteiger partial charge in [-0.25, -0.2) is 4.98 Å². The van der Waals surface area contributed by atoms with Crippen LogP contribution in [0.5, 0.6) is 11.5 Å². The van der Waals surface area contributed by atoms with Crippen LogP contribution in [0.4, 0.5) is 0 Å². The van der Waals surface area contributed by atoms with Crippen LogP contribution in [0.25, 0.3) is 10.8 Å². The highest BCUT2D eigenvalue weighted by Gasteiger charge is 2.31. The highest BCUT2D eigenvalue weighted by molar-refractivity contribution is 7.99. The predicted octanol–water partition coefficient (Wildman–Crippen LogP) is 4.04. The molecule has 5 rings (SSSR count). The van der Waals surface area contributed by atoms with Gasteiger partial charge in [0.05, 0.1) is 22.5 Å². The lowest BCUT2D eigenvalue weighted by Crippen LogP contribution is -2.32.